The van der Waals surface area contributed by atoms with Crippen LogP contribution in [0.2, 0.25) is 0 Å². The number of nitrogens with one attached hydrogen (secondary N) is 1. The molecule has 0 aromatic heterocycles. The van der Waals surface area contributed by atoms with Crippen LogP contribution in [-0.2, 0) is 0 Å². The first-order valence-corrected chi connectivity index (χ1v) is 5.16. The molecule has 0 heterocycles. The first-order valence-electron chi connectivity index (χ1n) is 5.16. The van der Waals surface area contributed by atoms with Gasteiger partial charge in [0.2, 0.25) is 0 Å². The fourth-order valence-electron chi connectivity index (χ4n) is 1.74. The molecular weight excluding hydrogens is 160 g/mol. The van der Waals surface area contributed by atoms with Crippen LogP contribution in [0, 0.1) is 17.2 Å². The molecule has 0 saturated heterocycles. The van der Waals surface area contributed by atoms with Crippen LogP contribution < -0.4 is 5.32 Å². The van der Waals surface area contributed by atoms with Crippen molar-refractivity contribution in [2.45, 2.75) is 38.6 Å². The monoisotopic (exact) mass is 178 g/mol. The molecule has 0 aromatic rings. The first-order chi connectivity index (χ1) is 6.38. The molecule has 72 valence electrons. The molecular formula is C11H18N2. The molecule has 0 radical (unpaired) electrons. The van der Waals surface area contributed by atoms with Crippen molar-refractivity contribution in [2.75, 3.05) is 6.54 Å². The Labute approximate surface area is 80.6 Å². The number of allylic oxidation sites excluding steroid dienone is 2. The molecule has 0 aliphatic heterocycles. The minimum absolute atomic E-state index is 0.0601. The second kappa shape index (κ2) is 5.77. The van der Waals surface area contributed by atoms with Gasteiger partial charge in [0.25, 0.3) is 0 Å². The van der Waals surface area contributed by atoms with Gasteiger partial charge in [-0.15, -0.1) is 0 Å². The summed E-state index contributed by atoms with van der Waals surface area (Å²) in [6.07, 6.45) is 8.87. The Balaban J connectivity index is 2.37. The summed E-state index contributed by atoms with van der Waals surface area (Å²) in [6, 6.07) is 2.42. The van der Waals surface area contributed by atoms with Crippen LogP contribution in [0.1, 0.15) is 32.6 Å². The summed E-state index contributed by atoms with van der Waals surface area (Å²) in [7, 11) is 0. The van der Waals surface area contributed by atoms with Crippen molar-refractivity contribution in [3.8, 4) is 6.07 Å². The lowest BCUT2D eigenvalue weighted by Gasteiger charge is -2.23. The third-order valence-electron chi connectivity index (χ3n) is 2.53. The maximum Gasteiger partial charge on any atom is 0.0984 e. The Morgan fingerprint density at radius 3 is 3.00 bits per heavy atom. The van der Waals surface area contributed by atoms with Gasteiger partial charge in [-0.25, -0.2) is 0 Å². The summed E-state index contributed by atoms with van der Waals surface area (Å²) in [6.45, 7) is 3.08. The number of rotatable bonds is 4. The van der Waals surface area contributed by atoms with Crippen molar-refractivity contribution in [3.63, 3.8) is 0 Å². The van der Waals surface area contributed by atoms with Crippen LogP contribution in [-0.4, -0.2) is 12.6 Å². The van der Waals surface area contributed by atoms with E-state index in [1.165, 1.54) is 0 Å². The Bertz CT molecular complexity index is 203. The molecule has 2 unspecified atom stereocenters. The molecule has 1 rings (SSSR count). The lowest BCUT2D eigenvalue weighted by molar-refractivity contribution is 0.384. The topological polar surface area (TPSA) is 35.8 Å². The predicted octanol–water partition coefficient (Wildman–Crippen LogP) is 2.23. The van der Waals surface area contributed by atoms with E-state index in [0.717, 1.165) is 32.2 Å². The molecule has 1 N–H and O–H groups in total. The molecule has 0 spiro atoms. The van der Waals surface area contributed by atoms with Crippen molar-refractivity contribution >= 4 is 0 Å². The van der Waals surface area contributed by atoms with Gasteiger partial charge in [0.1, 0.15) is 0 Å². The van der Waals surface area contributed by atoms with Crippen molar-refractivity contribution in [1.82, 2.24) is 5.32 Å². The van der Waals surface area contributed by atoms with E-state index in [-0.39, 0.29) is 6.04 Å². The van der Waals surface area contributed by atoms with Crippen LogP contribution in [0.5, 0.6) is 0 Å². The Kier molecular flexibility index (Phi) is 4.56. The molecule has 0 amide bonds. The maximum atomic E-state index is 8.97. The van der Waals surface area contributed by atoms with Crippen molar-refractivity contribution in [1.29, 1.82) is 5.26 Å². The maximum absolute atomic E-state index is 8.97. The van der Waals surface area contributed by atoms with E-state index in [2.05, 4.69) is 30.5 Å². The number of nitrogens with zero attached hydrogens (tertiary/aromatic N) is 1. The molecule has 2 nitrogen and oxygen atoms in total. The molecule has 1 aliphatic carbocycles. The Morgan fingerprint density at radius 1 is 1.62 bits per heavy atom. The smallest absolute Gasteiger partial charge is 0.0984 e. The van der Waals surface area contributed by atoms with Crippen LogP contribution in [0.3, 0.4) is 0 Å². The molecule has 0 saturated carbocycles. The van der Waals surface area contributed by atoms with Crippen LogP contribution in [0.15, 0.2) is 12.2 Å². The van der Waals surface area contributed by atoms with E-state index >= 15 is 0 Å². The van der Waals surface area contributed by atoms with Gasteiger partial charge in [0.15, 0.2) is 0 Å². The third-order valence-corrected chi connectivity index (χ3v) is 2.53. The average molecular weight is 178 g/mol. The molecule has 0 bridgehead atoms. The highest BCUT2D eigenvalue weighted by Crippen LogP contribution is 2.21. The fraction of sp³-hybridized carbons (Fsp3) is 0.727. The van der Waals surface area contributed by atoms with Crippen molar-refractivity contribution < 1.29 is 0 Å². The zero-order chi connectivity index (χ0) is 9.52. The molecule has 2 atom stereocenters. The van der Waals surface area contributed by atoms with Gasteiger partial charge in [0, 0.05) is 0 Å². The molecule has 13 heavy (non-hydrogen) atoms. The predicted molar refractivity (Wildman–Crippen MR) is 54.2 cm³/mol. The number of hydrogen-bond acceptors (Lipinski definition) is 2. The molecule has 0 fully saturated rings. The zero-order valence-corrected chi connectivity index (χ0v) is 8.29. The quantitative estimate of drug-likeness (QED) is 0.670. The zero-order valence-electron chi connectivity index (χ0n) is 8.29. The lowest BCUT2D eigenvalue weighted by Crippen LogP contribution is -2.35. The van der Waals surface area contributed by atoms with Crippen molar-refractivity contribution in [3.05, 3.63) is 12.2 Å². The summed E-state index contributed by atoms with van der Waals surface area (Å²) in [5.41, 5.74) is 0. The summed E-state index contributed by atoms with van der Waals surface area (Å²) < 4.78 is 0. The second-order valence-electron chi connectivity index (χ2n) is 3.61. The molecule has 1 aliphatic rings. The minimum Gasteiger partial charge on any atom is -0.302 e. The van der Waals surface area contributed by atoms with E-state index in [0.29, 0.717) is 5.92 Å². The van der Waals surface area contributed by atoms with E-state index in [9.17, 15) is 0 Å². The van der Waals surface area contributed by atoms with E-state index in [1.54, 1.807) is 0 Å². The Morgan fingerprint density at radius 2 is 2.46 bits per heavy atom. The van der Waals surface area contributed by atoms with Gasteiger partial charge in [-0.1, -0.05) is 19.1 Å². The molecule has 0 aromatic carbocycles. The van der Waals surface area contributed by atoms with Gasteiger partial charge >= 0.3 is 0 Å². The normalized spacial score (nSPS) is 23.8. The van der Waals surface area contributed by atoms with Gasteiger partial charge in [-0.2, -0.15) is 5.26 Å². The summed E-state index contributed by atoms with van der Waals surface area (Å²) in [5, 5.41) is 12.3. The number of hydrogen-bond donors (Lipinski definition) is 1. The molecule has 2 heteroatoms. The number of nitriles is 1. The fourth-order valence-corrected chi connectivity index (χ4v) is 1.74. The van der Waals surface area contributed by atoms with Crippen molar-refractivity contribution in [2.24, 2.45) is 5.92 Å². The highest BCUT2D eigenvalue weighted by atomic mass is 14.9. The second-order valence-corrected chi connectivity index (χ2v) is 3.61. The average Bonchev–Trinajstić information content (AvgIpc) is 2.21. The van der Waals surface area contributed by atoms with E-state index in [1.807, 2.05) is 0 Å². The van der Waals surface area contributed by atoms with Crippen LogP contribution in [0.25, 0.3) is 0 Å². The standard InChI is InChI=1S/C11H18N2/c1-2-8-13-11(9-12)10-6-4-3-5-7-10/h3-4,10-11,13H,2,5-8H2,1H3. The van der Waals surface area contributed by atoms with Gasteiger partial charge in [-0.05, 0) is 38.1 Å². The highest BCUT2D eigenvalue weighted by Gasteiger charge is 2.20. The lowest BCUT2D eigenvalue weighted by atomic mass is 9.88. The van der Waals surface area contributed by atoms with Gasteiger partial charge in [-0.3, -0.25) is 0 Å². The van der Waals surface area contributed by atoms with E-state index in [4.69, 9.17) is 5.26 Å². The first kappa shape index (κ1) is 10.3. The largest absolute Gasteiger partial charge is 0.302 e. The summed E-state index contributed by atoms with van der Waals surface area (Å²) >= 11 is 0. The van der Waals surface area contributed by atoms with Crippen LogP contribution >= 0.6 is 0 Å². The van der Waals surface area contributed by atoms with E-state index < -0.39 is 0 Å². The minimum atomic E-state index is 0.0601. The van der Waals surface area contributed by atoms with Crippen LogP contribution in [0.4, 0.5) is 0 Å². The Hall–Kier alpha value is -0.810. The summed E-state index contributed by atoms with van der Waals surface area (Å²) in [5.74, 6) is 0.529. The van der Waals surface area contributed by atoms with Gasteiger partial charge < -0.3 is 5.32 Å². The SMILES string of the molecule is CCCNC(C#N)C1CC=CCC1. The van der Waals surface area contributed by atoms with Gasteiger partial charge in [0.05, 0.1) is 12.1 Å². The highest BCUT2D eigenvalue weighted by molar-refractivity contribution is 5.01. The summed E-state index contributed by atoms with van der Waals surface area (Å²) in [4.78, 5) is 0. The third kappa shape index (κ3) is 3.20.